The standard InChI is InChI=1S/C27H22ClN3O2/c28-22-8-1-17(2-9-22)15-30-26(32)19-5-3-18(4-6-19)24-14-25(24)27(33)31-23-10-7-21-16-29-12-11-20(21)13-23/h1-13,16,24-25H,14-15H2,(H,30,32)(H,31,33)/t24-,25+/m0/s1. The van der Waals surface area contributed by atoms with Gasteiger partial charge in [0.05, 0.1) is 0 Å². The van der Waals surface area contributed by atoms with Crippen LogP contribution in [0.4, 0.5) is 5.69 Å². The van der Waals surface area contributed by atoms with Crippen molar-refractivity contribution in [2.45, 2.75) is 18.9 Å². The van der Waals surface area contributed by atoms with Crippen molar-refractivity contribution in [2.75, 3.05) is 5.32 Å². The Morgan fingerprint density at radius 2 is 1.73 bits per heavy atom. The van der Waals surface area contributed by atoms with E-state index in [0.29, 0.717) is 17.1 Å². The fraction of sp³-hybridized carbons (Fsp3) is 0.148. The predicted molar refractivity (Wildman–Crippen MR) is 130 cm³/mol. The highest BCUT2D eigenvalue weighted by Crippen LogP contribution is 2.48. The molecule has 2 amide bonds. The summed E-state index contributed by atoms with van der Waals surface area (Å²) >= 11 is 5.89. The Hall–Kier alpha value is -3.70. The average molecular weight is 456 g/mol. The van der Waals surface area contributed by atoms with Crippen LogP contribution in [0.5, 0.6) is 0 Å². The molecule has 2 atom stereocenters. The fourth-order valence-corrected chi connectivity index (χ4v) is 4.14. The molecule has 6 heteroatoms. The largest absolute Gasteiger partial charge is 0.348 e. The lowest BCUT2D eigenvalue weighted by molar-refractivity contribution is -0.117. The number of hydrogen-bond donors (Lipinski definition) is 2. The highest BCUT2D eigenvalue weighted by Gasteiger charge is 2.43. The van der Waals surface area contributed by atoms with Gasteiger partial charge in [0, 0.05) is 46.5 Å². The van der Waals surface area contributed by atoms with Crippen molar-refractivity contribution in [3.05, 3.63) is 107 Å². The molecule has 1 aliphatic rings. The van der Waals surface area contributed by atoms with Gasteiger partial charge in [-0.2, -0.15) is 0 Å². The molecule has 5 nitrogen and oxygen atoms in total. The van der Waals surface area contributed by atoms with Gasteiger partial charge in [-0.25, -0.2) is 0 Å². The highest BCUT2D eigenvalue weighted by molar-refractivity contribution is 6.30. The topological polar surface area (TPSA) is 71.1 Å². The van der Waals surface area contributed by atoms with E-state index in [4.69, 9.17) is 11.6 Å². The smallest absolute Gasteiger partial charge is 0.251 e. The predicted octanol–water partition coefficient (Wildman–Crippen LogP) is 5.56. The van der Waals surface area contributed by atoms with Gasteiger partial charge < -0.3 is 10.6 Å². The summed E-state index contributed by atoms with van der Waals surface area (Å²) in [5.41, 5.74) is 3.45. The van der Waals surface area contributed by atoms with E-state index in [0.717, 1.165) is 34.0 Å². The molecular weight excluding hydrogens is 434 g/mol. The number of nitrogens with one attached hydrogen (secondary N) is 2. The number of rotatable bonds is 6. The van der Waals surface area contributed by atoms with Gasteiger partial charge in [0.25, 0.3) is 5.91 Å². The number of fused-ring (bicyclic) bond motifs is 1. The first-order valence-electron chi connectivity index (χ1n) is 10.8. The van der Waals surface area contributed by atoms with E-state index < -0.39 is 0 Å². The molecule has 33 heavy (non-hydrogen) atoms. The molecule has 0 radical (unpaired) electrons. The Morgan fingerprint density at radius 3 is 2.52 bits per heavy atom. The van der Waals surface area contributed by atoms with Gasteiger partial charge in [0.15, 0.2) is 0 Å². The maximum absolute atomic E-state index is 12.7. The number of nitrogens with zero attached hydrogens (tertiary/aromatic N) is 1. The number of carbonyl (C=O) groups is 2. The van der Waals surface area contributed by atoms with Gasteiger partial charge in [-0.05, 0) is 71.3 Å². The molecule has 0 unspecified atom stereocenters. The van der Waals surface area contributed by atoms with Gasteiger partial charge in [-0.3, -0.25) is 14.6 Å². The first kappa shape index (κ1) is 21.2. The van der Waals surface area contributed by atoms with Crippen LogP contribution in [0.25, 0.3) is 10.8 Å². The van der Waals surface area contributed by atoms with Crippen molar-refractivity contribution in [1.82, 2.24) is 10.3 Å². The molecular formula is C27H22ClN3O2. The summed E-state index contributed by atoms with van der Waals surface area (Å²) < 4.78 is 0. The van der Waals surface area contributed by atoms with Crippen LogP contribution in [0.1, 0.15) is 33.8 Å². The Kier molecular flexibility index (Phi) is 5.80. The molecule has 0 bridgehead atoms. The molecule has 3 aromatic carbocycles. The summed E-state index contributed by atoms with van der Waals surface area (Å²) in [5.74, 6) is 0.0230. The zero-order chi connectivity index (χ0) is 22.8. The third-order valence-corrected chi connectivity index (χ3v) is 6.25. The zero-order valence-electron chi connectivity index (χ0n) is 17.8. The van der Waals surface area contributed by atoms with Crippen LogP contribution in [0, 0.1) is 5.92 Å². The minimum Gasteiger partial charge on any atom is -0.348 e. The Balaban J connectivity index is 1.16. The van der Waals surface area contributed by atoms with Crippen molar-refractivity contribution in [3.8, 4) is 0 Å². The normalized spacial score (nSPS) is 16.9. The van der Waals surface area contributed by atoms with Gasteiger partial charge >= 0.3 is 0 Å². The summed E-state index contributed by atoms with van der Waals surface area (Å²) in [6.45, 7) is 0.438. The second kappa shape index (κ2) is 9.04. The van der Waals surface area contributed by atoms with Crippen LogP contribution in [-0.4, -0.2) is 16.8 Å². The molecule has 1 saturated carbocycles. The number of anilines is 1. The fourth-order valence-electron chi connectivity index (χ4n) is 4.02. The first-order chi connectivity index (χ1) is 16.1. The van der Waals surface area contributed by atoms with Crippen LogP contribution >= 0.6 is 11.6 Å². The second-order valence-corrected chi connectivity index (χ2v) is 8.74. The summed E-state index contributed by atoms with van der Waals surface area (Å²) in [5, 5.41) is 8.70. The lowest BCUT2D eigenvalue weighted by Crippen LogP contribution is -2.22. The lowest BCUT2D eigenvalue weighted by atomic mass is 10.1. The van der Waals surface area contributed by atoms with Gasteiger partial charge in [0.1, 0.15) is 0 Å². The number of hydrogen-bond acceptors (Lipinski definition) is 3. The number of carbonyl (C=O) groups excluding carboxylic acids is 2. The number of benzene rings is 3. The minimum absolute atomic E-state index is 0.0261. The molecule has 164 valence electrons. The van der Waals surface area contributed by atoms with Crippen molar-refractivity contribution < 1.29 is 9.59 Å². The number of halogens is 1. The summed E-state index contributed by atoms with van der Waals surface area (Å²) in [6, 6.07) is 22.6. The Labute approximate surface area is 196 Å². The third kappa shape index (κ3) is 4.89. The van der Waals surface area contributed by atoms with Crippen LogP contribution in [0.3, 0.4) is 0 Å². The molecule has 1 heterocycles. The molecule has 0 saturated heterocycles. The van der Waals surface area contributed by atoms with Crippen molar-refractivity contribution in [3.63, 3.8) is 0 Å². The molecule has 4 aromatic rings. The third-order valence-electron chi connectivity index (χ3n) is 6.00. The van der Waals surface area contributed by atoms with Gasteiger partial charge in [0.2, 0.25) is 5.91 Å². The van der Waals surface area contributed by atoms with Crippen LogP contribution in [-0.2, 0) is 11.3 Å². The van der Waals surface area contributed by atoms with Crippen molar-refractivity contribution in [1.29, 1.82) is 0 Å². The summed E-state index contributed by atoms with van der Waals surface area (Å²) in [6.07, 6.45) is 4.36. The summed E-state index contributed by atoms with van der Waals surface area (Å²) in [7, 11) is 0. The van der Waals surface area contributed by atoms with E-state index in [1.165, 1.54) is 0 Å². The second-order valence-electron chi connectivity index (χ2n) is 8.31. The molecule has 1 aromatic heterocycles. The molecule has 5 rings (SSSR count). The highest BCUT2D eigenvalue weighted by atomic mass is 35.5. The Morgan fingerprint density at radius 1 is 0.939 bits per heavy atom. The average Bonchev–Trinajstić information content (AvgIpc) is 3.65. The molecule has 1 fully saturated rings. The maximum Gasteiger partial charge on any atom is 0.251 e. The van der Waals surface area contributed by atoms with Gasteiger partial charge in [-0.15, -0.1) is 0 Å². The van der Waals surface area contributed by atoms with E-state index in [2.05, 4.69) is 15.6 Å². The van der Waals surface area contributed by atoms with Gasteiger partial charge in [-0.1, -0.05) is 41.9 Å². The van der Waals surface area contributed by atoms with Crippen molar-refractivity contribution >= 4 is 39.9 Å². The summed E-state index contributed by atoms with van der Waals surface area (Å²) in [4.78, 5) is 29.3. The van der Waals surface area contributed by atoms with E-state index in [9.17, 15) is 9.59 Å². The van der Waals surface area contributed by atoms with E-state index in [1.807, 2.05) is 60.7 Å². The molecule has 0 aliphatic heterocycles. The maximum atomic E-state index is 12.7. The molecule has 2 N–H and O–H groups in total. The molecule has 0 spiro atoms. The first-order valence-corrected chi connectivity index (χ1v) is 11.2. The number of pyridine rings is 1. The Bertz CT molecular complexity index is 1320. The monoisotopic (exact) mass is 455 g/mol. The molecule has 1 aliphatic carbocycles. The van der Waals surface area contributed by atoms with Crippen LogP contribution in [0.15, 0.2) is 85.2 Å². The minimum atomic E-state index is -0.131. The van der Waals surface area contributed by atoms with Crippen LogP contribution < -0.4 is 10.6 Å². The van der Waals surface area contributed by atoms with E-state index in [1.54, 1.807) is 24.5 Å². The number of amides is 2. The zero-order valence-corrected chi connectivity index (χ0v) is 18.5. The lowest BCUT2D eigenvalue weighted by Gasteiger charge is -2.08. The van der Waals surface area contributed by atoms with E-state index >= 15 is 0 Å². The van der Waals surface area contributed by atoms with E-state index in [-0.39, 0.29) is 23.7 Å². The quantitative estimate of drug-likeness (QED) is 0.400. The van der Waals surface area contributed by atoms with Crippen LogP contribution in [0.2, 0.25) is 5.02 Å². The number of aromatic nitrogens is 1. The SMILES string of the molecule is O=C(NCc1ccc(Cl)cc1)c1ccc([C@@H]2C[C@H]2C(=O)Nc2ccc3cnccc3c2)cc1. The van der Waals surface area contributed by atoms with Crippen molar-refractivity contribution in [2.24, 2.45) is 5.92 Å².